The summed E-state index contributed by atoms with van der Waals surface area (Å²) in [7, 11) is 0. The number of hydrogen-bond donors (Lipinski definition) is 3. The fourth-order valence-electron chi connectivity index (χ4n) is 1.05. The largest absolute Gasteiger partial charge is 0.395 e. The lowest BCUT2D eigenvalue weighted by Crippen LogP contribution is -2.32. The van der Waals surface area contributed by atoms with Crippen molar-refractivity contribution in [1.29, 1.82) is 0 Å². The zero-order chi connectivity index (χ0) is 9.84. The fourth-order valence-corrected chi connectivity index (χ4v) is 1.56. The van der Waals surface area contributed by atoms with Crippen LogP contribution < -0.4 is 5.73 Å². The van der Waals surface area contributed by atoms with Crippen molar-refractivity contribution in [2.45, 2.75) is 12.1 Å². The van der Waals surface area contributed by atoms with Gasteiger partial charge in [0.15, 0.2) is 0 Å². The number of rotatable bonds is 3. The summed E-state index contributed by atoms with van der Waals surface area (Å²) in [4.78, 5) is 0. The number of halogens is 1. The molecule has 4 N–H and O–H groups in total. The lowest BCUT2D eigenvalue weighted by molar-refractivity contribution is 0.109. The quantitative estimate of drug-likeness (QED) is 0.739. The van der Waals surface area contributed by atoms with Gasteiger partial charge in [0.05, 0.1) is 18.8 Å². The highest BCUT2D eigenvalue weighted by molar-refractivity contribution is 9.10. The predicted molar refractivity (Wildman–Crippen MR) is 54.2 cm³/mol. The fraction of sp³-hybridized carbons (Fsp3) is 0.333. The van der Waals surface area contributed by atoms with Gasteiger partial charge in [0, 0.05) is 4.47 Å². The van der Waals surface area contributed by atoms with Crippen molar-refractivity contribution < 1.29 is 10.2 Å². The van der Waals surface area contributed by atoms with Gasteiger partial charge in [-0.25, -0.2) is 0 Å². The van der Waals surface area contributed by atoms with E-state index in [1.807, 2.05) is 18.2 Å². The molecule has 1 rings (SSSR count). The monoisotopic (exact) mass is 245 g/mol. The molecule has 0 spiro atoms. The summed E-state index contributed by atoms with van der Waals surface area (Å²) in [5.41, 5.74) is 6.19. The lowest BCUT2D eigenvalue weighted by atomic mass is 10.0. The van der Waals surface area contributed by atoms with E-state index in [0.29, 0.717) is 5.56 Å². The van der Waals surface area contributed by atoms with E-state index < -0.39 is 12.1 Å². The summed E-state index contributed by atoms with van der Waals surface area (Å²) >= 11 is 3.30. The van der Waals surface area contributed by atoms with Gasteiger partial charge in [0.25, 0.3) is 0 Å². The Balaban J connectivity index is 2.88. The van der Waals surface area contributed by atoms with Crippen LogP contribution in [0.5, 0.6) is 0 Å². The van der Waals surface area contributed by atoms with Crippen LogP contribution in [0.3, 0.4) is 0 Å². The van der Waals surface area contributed by atoms with Crippen molar-refractivity contribution in [3.63, 3.8) is 0 Å². The normalized spacial score (nSPS) is 15.4. The lowest BCUT2D eigenvalue weighted by Gasteiger charge is -2.17. The van der Waals surface area contributed by atoms with Crippen molar-refractivity contribution in [3.8, 4) is 0 Å². The van der Waals surface area contributed by atoms with E-state index in [-0.39, 0.29) is 6.61 Å². The van der Waals surface area contributed by atoms with Gasteiger partial charge in [-0.05, 0) is 11.6 Å². The first-order valence-corrected chi connectivity index (χ1v) is 4.75. The molecule has 0 amide bonds. The second-order valence-corrected chi connectivity index (χ2v) is 3.67. The zero-order valence-electron chi connectivity index (χ0n) is 7.02. The molecule has 0 radical (unpaired) electrons. The summed E-state index contributed by atoms with van der Waals surface area (Å²) in [6, 6.07) is 6.61. The minimum atomic E-state index is -0.833. The summed E-state index contributed by atoms with van der Waals surface area (Å²) in [6.45, 7) is -0.234. The van der Waals surface area contributed by atoms with Gasteiger partial charge >= 0.3 is 0 Å². The third-order valence-electron chi connectivity index (χ3n) is 1.84. The summed E-state index contributed by atoms with van der Waals surface area (Å²) in [5, 5.41) is 18.4. The Morgan fingerprint density at radius 1 is 1.38 bits per heavy atom. The minimum Gasteiger partial charge on any atom is -0.395 e. The topological polar surface area (TPSA) is 66.5 Å². The SMILES string of the molecule is NC(CO)C(O)c1ccccc1Br. The molecule has 1 aromatic carbocycles. The van der Waals surface area contributed by atoms with Gasteiger partial charge in [-0.15, -0.1) is 0 Å². The molecule has 2 unspecified atom stereocenters. The van der Waals surface area contributed by atoms with E-state index in [1.165, 1.54) is 0 Å². The molecule has 1 aromatic rings. The second-order valence-electron chi connectivity index (χ2n) is 2.81. The Morgan fingerprint density at radius 2 is 2.00 bits per heavy atom. The minimum absolute atomic E-state index is 0.234. The Kier molecular flexibility index (Phi) is 3.87. The van der Waals surface area contributed by atoms with Gasteiger partial charge in [-0.3, -0.25) is 0 Å². The molecule has 0 fully saturated rings. The molecule has 4 heteroatoms. The highest BCUT2D eigenvalue weighted by Gasteiger charge is 2.17. The van der Waals surface area contributed by atoms with Crippen LogP contribution in [-0.2, 0) is 0 Å². The van der Waals surface area contributed by atoms with Gasteiger partial charge in [0.1, 0.15) is 0 Å². The van der Waals surface area contributed by atoms with Crippen molar-refractivity contribution >= 4 is 15.9 Å². The maximum atomic E-state index is 9.65. The number of hydrogen-bond acceptors (Lipinski definition) is 3. The molecular formula is C9H12BrNO2. The zero-order valence-corrected chi connectivity index (χ0v) is 8.61. The molecule has 0 saturated heterocycles. The van der Waals surface area contributed by atoms with Crippen LogP contribution in [0, 0.1) is 0 Å². The molecule has 0 heterocycles. The van der Waals surface area contributed by atoms with E-state index in [0.717, 1.165) is 4.47 Å². The van der Waals surface area contributed by atoms with Crippen LogP contribution in [0.4, 0.5) is 0 Å². The molecule has 2 atom stereocenters. The number of aliphatic hydroxyl groups excluding tert-OH is 2. The molecule has 0 aliphatic rings. The summed E-state index contributed by atoms with van der Waals surface area (Å²) in [6.07, 6.45) is -0.833. The Bertz CT molecular complexity index is 280. The van der Waals surface area contributed by atoms with Crippen LogP contribution in [0.2, 0.25) is 0 Å². The Hall–Kier alpha value is -0.420. The maximum Gasteiger partial charge on any atom is 0.0974 e. The number of benzene rings is 1. The molecule has 0 aromatic heterocycles. The second kappa shape index (κ2) is 4.72. The highest BCUT2D eigenvalue weighted by Crippen LogP contribution is 2.24. The summed E-state index contributed by atoms with van der Waals surface area (Å²) in [5.74, 6) is 0. The predicted octanol–water partition coefficient (Wildman–Crippen LogP) is 0.802. The van der Waals surface area contributed by atoms with Crippen LogP contribution in [0.1, 0.15) is 11.7 Å². The molecule has 0 aliphatic heterocycles. The molecule has 72 valence electrons. The van der Waals surface area contributed by atoms with Crippen LogP contribution in [-0.4, -0.2) is 22.9 Å². The van der Waals surface area contributed by atoms with E-state index in [9.17, 15) is 5.11 Å². The Labute approximate surface area is 85.3 Å². The third kappa shape index (κ3) is 2.51. The molecule has 0 saturated carbocycles. The number of aliphatic hydroxyl groups is 2. The third-order valence-corrected chi connectivity index (χ3v) is 2.56. The molecule has 13 heavy (non-hydrogen) atoms. The maximum absolute atomic E-state index is 9.65. The van der Waals surface area contributed by atoms with Gasteiger partial charge in [-0.1, -0.05) is 34.1 Å². The van der Waals surface area contributed by atoms with Crippen molar-refractivity contribution in [2.75, 3.05) is 6.61 Å². The van der Waals surface area contributed by atoms with Crippen LogP contribution in [0.25, 0.3) is 0 Å². The Morgan fingerprint density at radius 3 is 2.54 bits per heavy atom. The summed E-state index contributed by atoms with van der Waals surface area (Å²) < 4.78 is 0.798. The van der Waals surface area contributed by atoms with Crippen LogP contribution >= 0.6 is 15.9 Å². The van der Waals surface area contributed by atoms with E-state index >= 15 is 0 Å². The smallest absolute Gasteiger partial charge is 0.0974 e. The average molecular weight is 246 g/mol. The number of nitrogens with two attached hydrogens (primary N) is 1. The molecule has 0 bridgehead atoms. The first-order valence-electron chi connectivity index (χ1n) is 3.95. The van der Waals surface area contributed by atoms with Crippen molar-refractivity contribution in [3.05, 3.63) is 34.3 Å². The first kappa shape index (κ1) is 10.7. The molecular weight excluding hydrogens is 234 g/mol. The molecule has 3 nitrogen and oxygen atoms in total. The van der Waals surface area contributed by atoms with E-state index in [4.69, 9.17) is 10.8 Å². The molecule has 0 aliphatic carbocycles. The van der Waals surface area contributed by atoms with Gasteiger partial charge < -0.3 is 15.9 Å². The average Bonchev–Trinajstić information content (AvgIpc) is 2.16. The van der Waals surface area contributed by atoms with Crippen LogP contribution in [0.15, 0.2) is 28.7 Å². The van der Waals surface area contributed by atoms with Gasteiger partial charge in [0.2, 0.25) is 0 Å². The van der Waals surface area contributed by atoms with E-state index in [1.54, 1.807) is 6.07 Å². The van der Waals surface area contributed by atoms with Crippen molar-refractivity contribution in [2.24, 2.45) is 5.73 Å². The van der Waals surface area contributed by atoms with Crippen molar-refractivity contribution in [1.82, 2.24) is 0 Å². The standard InChI is InChI=1S/C9H12BrNO2/c10-7-4-2-1-3-6(7)9(13)8(11)5-12/h1-4,8-9,12-13H,5,11H2. The van der Waals surface area contributed by atoms with Gasteiger partial charge in [-0.2, -0.15) is 0 Å². The van der Waals surface area contributed by atoms with E-state index in [2.05, 4.69) is 15.9 Å². The highest BCUT2D eigenvalue weighted by atomic mass is 79.9. The first-order chi connectivity index (χ1) is 6.16.